The van der Waals surface area contributed by atoms with Crippen LogP contribution in [-0.4, -0.2) is 72.2 Å². The molecule has 2 N–H and O–H groups in total. The van der Waals surface area contributed by atoms with Gasteiger partial charge < -0.3 is 10.4 Å². The number of aliphatic hydroxyl groups is 1. The van der Waals surface area contributed by atoms with Crippen molar-refractivity contribution in [3.8, 4) is 0 Å². The molecule has 3 fully saturated rings. The van der Waals surface area contributed by atoms with Crippen molar-refractivity contribution in [1.29, 1.82) is 0 Å². The quantitative estimate of drug-likeness (QED) is 0.763. The van der Waals surface area contributed by atoms with Gasteiger partial charge in [0.1, 0.15) is 0 Å². The maximum atomic E-state index is 12.1. The number of hydrogen-bond acceptors (Lipinski definition) is 4. The maximum Gasteiger partial charge on any atom is 0.234 e. The highest BCUT2D eigenvalue weighted by Crippen LogP contribution is 2.32. The molecule has 0 aromatic carbocycles. The maximum absolute atomic E-state index is 12.1. The highest BCUT2D eigenvalue weighted by Gasteiger charge is 2.31. The van der Waals surface area contributed by atoms with Crippen LogP contribution in [0.15, 0.2) is 0 Å². The molecule has 5 heteroatoms. The number of β-amino-alcohol motifs (C(OH)–C–C–N with tert-alkyl or cyclic N) is 1. The summed E-state index contributed by atoms with van der Waals surface area (Å²) in [5, 5.41) is 13.2. The number of hydrogen-bond donors (Lipinski definition) is 2. The normalized spacial score (nSPS) is 26.8. The third-order valence-corrected chi connectivity index (χ3v) is 5.41. The van der Waals surface area contributed by atoms with Gasteiger partial charge in [-0.15, -0.1) is 0 Å². The molecule has 0 radical (unpaired) electrons. The summed E-state index contributed by atoms with van der Waals surface area (Å²) in [7, 11) is 0. The van der Waals surface area contributed by atoms with Gasteiger partial charge in [-0.3, -0.25) is 14.6 Å². The fraction of sp³-hybridized carbons (Fsp3) is 0.941. The van der Waals surface area contributed by atoms with Crippen molar-refractivity contribution in [1.82, 2.24) is 15.1 Å². The van der Waals surface area contributed by atoms with Crippen LogP contribution in [0.25, 0.3) is 0 Å². The number of carbonyl (C=O) groups excluding carboxylic acids is 1. The Balaban J connectivity index is 1.31. The second-order valence-electron chi connectivity index (χ2n) is 7.38. The first kappa shape index (κ1) is 16.2. The van der Waals surface area contributed by atoms with Crippen LogP contribution >= 0.6 is 0 Å². The van der Waals surface area contributed by atoms with E-state index in [-0.39, 0.29) is 12.0 Å². The van der Waals surface area contributed by atoms with Gasteiger partial charge >= 0.3 is 0 Å². The van der Waals surface area contributed by atoms with Crippen molar-refractivity contribution >= 4 is 5.91 Å². The van der Waals surface area contributed by atoms with Crippen LogP contribution in [0.3, 0.4) is 0 Å². The lowest BCUT2D eigenvalue weighted by atomic mass is 9.95. The molecule has 0 aromatic rings. The van der Waals surface area contributed by atoms with Crippen molar-refractivity contribution < 1.29 is 9.90 Å². The zero-order valence-corrected chi connectivity index (χ0v) is 13.7. The second-order valence-corrected chi connectivity index (χ2v) is 7.38. The minimum absolute atomic E-state index is 0.138. The Bertz CT molecular complexity index is 359. The Morgan fingerprint density at radius 3 is 2.27 bits per heavy atom. The average molecular weight is 309 g/mol. The number of carbonyl (C=O) groups is 1. The highest BCUT2D eigenvalue weighted by molar-refractivity contribution is 5.78. The van der Waals surface area contributed by atoms with Crippen LogP contribution in [0.2, 0.25) is 0 Å². The van der Waals surface area contributed by atoms with E-state index in [9.17, 15) is 9.90 Å². The van der Waals surface area contributed by atoms with E-state index >= 15 is 0 Å². The van der Waals surface area contributed by atoms with Crippen molar-refractivity contribution in [2.75, 3.05) is 39.3 Å². The van der Waals surface area contributed by atoms with Crippen molar-refractivity contribution in [2.45, 2.75) is 57.1 Å². The van der Waals surface area contributed by atoms with Gasteiger partial charge in [-0.25, -0.2) is 0 Å². The third kappa shape index (κ3) is 4.93. The molecule has 1 saturated heterocycles. The fourth-order valence-corrected chi connectivity index (χ4v) is 3.75. The van der Waals surface area contributed by atoms with E-state index in [4.69, 9.17) is 0 Å². The minimum Gasteiger partial charge on any atom is -0.392 e. The molecule has 126 valence electrons. The molecule has 3 aliphatic rings. The summed E-state index contributed by atoms with van der Waals surface area (Å²) in [6.45, 7) is 5.17. The first-order valence-electron chi connectivity index (χ1n) is 9.13. The highest BCUT2D eigenvalue weighted by atomic mass is 16.3. The van der Waals surface area contributed by atoms with Crippen molar-refractivity contribution in [2.24, 2.45) is 5.92 Å². The number of amides is 1. The second kappa shape index (κ2) is 7.75. The summed E-state index contributed by atoms with van der Waals surface area (Å²) in [5.74, 6) is 0.748. The van der Waals surface area contributed by atoms with Gasteiger partial charge in [0.2, 0.25) is 5.91 Å². The van der Waals surface area contributed by atoms with Crippen LogP contribution in [0.5, 0.6) is 0 Å². The number of aliphatic hydroxyl groups excluding tert-OH is 1. The Labute approximate surface area is 134 Å². The van der Waals surface area contributed by atoms with E-state index in [2.05, 4.69) is 15.1 Å². The molecule has 2 aliphatic carbocycles. The summed E-state index contributed by atoms with van der Waals surface area (Å²) in [6.07, 6.45) is 8.39. The molecule has 5 nitrogen and oxygen atoms in total. The van der Waals surface area contributed by atoms with Gasteiger partial charge in [0, 0.05) is 38.8 Å². The Morgan fingerprint density at radius 2 is 1.64 bits per heavy atom. The number of nitrogens with zero attached hydrogens (tertiary/aromatic N) is 2. The predicted octanol–water partition coefficient (Wildman–Crippen LogP) is 0.824. The molecule has 1 amide bonds. The molecule has 1 heterocycles. The Hall–Kier alpha value is -0.650. The molecule has 2 saturated carbocycles. The zero-order chi connectivity index (χ0) is 15.4. The van der Waals surface area contributed by atoms with E-state index in [1.165, 1.54) is 32.1 Å². The van der Waals surface area contributed by atoms with Gasteiger partial charge in [-0.1, -0.05) is 19.3 Å². The van der Waals surface area contributed by atoms with Crippen molar-refractivity contribution in [3.63, 3.8) is 0 Å². The van der Waals surface area contributed by atoms with E-state index in [0.717, 1.165) is 45.6 Å². The van der Waals surface area contributed by atoms with Gasteiger partial charge in [0.25, 0.3) is 0 Å². The number of rotatable bonds is 6. The van der Waals surface area contributed by atoms with Crippen LogP contribution in [0.4, 0.5) is 0 Å². The summed E-state index contributed by atoms with van der Waals surface area (Å²) in [6, 6.07) is 0.413. The first-order chi connectivity index (χ1) is 10.7. The molecule has 0 spiro atoms. The Kier molecular flexibility index (Phi) is 5.71. The molecule has 1 atom stereocenters. The molecular formula is C17H31N3O2. The molecule has 0 aromatic heterocycles. The lowest BCUT2D eigenvalue weighted by molar-refractivity contribution is -0.123. The zero-order valence-electron chi connectivity index (χ0n) is 13.7. The predicted molar refractivity (Wildman–Crippen MR) is 86.6 cm³/mol. The molecule has 22 heavy (non-hydrogen) atoms. The largest absolute Gasteiger partial charge is 0.392 e. The SMILES string of the molecule is O=C(CN1CCN(C[C@@H](O)C2CC2)CC1)NC1CCCCC1. The smallest absolute Gasteiger partial charge is 0.234 e. The molecule has 3 rings (SSSR count). The molecule has 1 aliphatic heterocycles. The van der Waals surface area contributed by atoms with E-state index < -0.39 is 0 Å². The van der Waals surface area contributed by atoms with Gasteiger partial charge in [0.15, 0.2) is 0 Å². The first-order valence-corrected chi connectivity index (χ1v) is 9.13. The van der Waals surface area contributed by atoms with E-state index in [0.29, 0.717) is 18.5 Å². The molecule has 0 bridgehead atoms. The van der Waals surface area contributed by atoms with Crippen LogP contribution < -0.4 is 5.32 Å². The number of nitrogens with one attached hydrogen (secondary N) is 1. The monoisotopic (exact) mass is 309 g/mol. The summed E-state index contributed by atoms with van der Waals surface area (Å²) < 4.78 is 0. The van der Waals surface area contributed by atoms with Gasteiger partial charge in [0.05, 0.1) is 12.6 Å². The number of piperazine rings is 1. The summed E-state index contributed by atoms with van der Waals surface area (Å²) in [5.41, 5.74) is 0. The van der Waals surface area contributed by atoms with Crippen LogP contribution in [-0.2, 0) is 4.79 Å². The topological polar surface area (TPSA) is 55.8 Å². The van der Waals surface area contributed by atoms with E-state index in [1.807, 2.05) is 0 Å². The van der Waals surface area contributed by atoms with Crippen LogP contribution in [0, 0.1) is 5.92 Å². The third-order valence-electron chi connectivity index (χ3n) is 5.41. The van der Waals surface area contributed by atoms with Crippen LogP contribution in [0.1, 0.15) is 44.9 Å². The average Bonchev–Trinajstić information content (AvgIpc) is 3.35. The summed E-state index contributed by atoms with van der Waals surface area (Å²) in [4.78, 5) is 16.7. The van der Waals surface area contributed by atoms with Gasteiger partial charge in [-0.05, 0) is 31.6 Å². The molecule has 0 unspecified atom stereocenters. The minimum atomic E-state index is -0.138. The lowest BCUT2D eigenvalue weighted by Crippen LogP contribution is -2.52. The Morgan fingerprint density at radius 1 is 1.00 bits per heavy atom. The van der Waals surface area contributed by atoms with Gasteiger partial charge in [-0.2, -0.15) is 0 Å². The van der Waals surface area contributed by atoms with E-state index in [1.54, 1.807) is 0 Å². The summed E-state index contributed by atoms with van der Waals surface area (Å²) >= 11 is 0. The standard InChI is InChI=1S/C17H31N3O2/c21-16(14-6-7-14)12-19-8-10-20(11-9-19)13-17(22)18-15-4-2-1-3-5-15/h14-16,21H,1-13H2,(H,18,22)/t16-/m1/s1. The lowest BCUT2D eigenvalue weighted by Gasteiger charge is -2.35. The van der Waals surface area contributed by atoms with Crippen molar-refractivity contribution in [3.05, 3.63) is 0 Å². The molecular weight excluding hydrogens is 278 g/mol. The fourth-order valence-electron chi connectivity index (χ4n) is 3.75.